The third-order valence-corrected chi connectivity index (χ3v) is 1.99. The molecule has 0 spiro atoms. The van der Waals surface area contributed by atoms with Crippen LogP contribution in [-0.2, 0) is 4.79 Å². The molecule has 0 heterocycles. The minimum Gasteiger partial charge on any atom is -0.365 e. The first-order valence-electron chi connectivity index (χ1n) is 4.23. The van der Waals surface area contributed by atoms with E-state index in [0.717, 1.165) is 0 Å². The predicted octanol–water partition coefficient (Wildman–Crippen LogP) is 1.61. The summed E-state index contributed by atoms with van der Waals surface area (Å²) < 4.78 is 12.9. The molecule has 1 amide bonds. The smallest absolute Gasteiger partial charge is 0.259 e. The zero-order valence-electron chi connectivity index (χ0n) is 8.12. The zero-order valence-corrected chi connectivity index (χ0v) is 8.12. The van der Waals surface area contributed by atoms with E-state index in [-0.39, 0.29) is 5.57 Å². The quantitative estimate of drug-likeness (QED) is 0.587. The molecule has 0 unspecified atom stereocenters. The van der Waals surface area contributed by atoms with Gasteiger partial charge in [-0.25, -0.2) is 4.39 Å². The van der Waals surface area contributed by atoms with Crippen LogP contribution in [0.25, 0.3) is 5.57 Å². The van der Waals surface area contributed by atoms with E-state index in [1.54, 1.807) is 19.1 Å². The molecule has 1 rings (SSSR count). The molecule has 2 N–H and O–H groups in total. The van der Waals surface area contributed by atoms with E-state index in [1.807, 2.05) is 0 Å². The Kier molecular flexibility index (Phi) is 3.19. The summed E-state index contributed by atoms with van der Waals surface area (Å²) in [6, 6.07) is 7.35. The molecule has 0 aliphatic heterocycles. The van der Waals surface area contributed by atoms with Gasteiger partial charge in [0, 0.05) is 0 Å². The third kappa shape index (κ3) is 2.41. The van der Waals surface area contributed by atoms with Crippen LogP contribution in [0.1, 0.15) is 12.5 Å². The summed E-state index contributed by atoms with van der Waals surface area (Å²) >= 11 is 0. The minimum absolute atomic E-state index is 0.152. The Morgan fingerprint density at radius 2 is 2.20 bits per heavy atom. The van der Waals surface area contributed by atoms with Gasteiger partial charge in [0.2, 0.25) is 0 Å². The van der Waals surface area contributed by atoms with Gasteiger partial charge in [0.1, 0.15) is 17.5 Å². The maximum Gasteiger partial charge on any atom is 0.259 e. The average molecular weight is 204 g/mol. The summed E-state index contributed by atoms with van der Waals surface area (Å²) in [6.45, 7) is 1.55. The van der Waals surface area contributed by atoms with Crippen LogP contribution < -0.4 is 5.73 Å². The standard InChI is InChI=1S/C11H9FN2O/c1-7(10(6-13)11(14)15)8-3-2-4-9(12)5-8/h2-5H,1H3,(H2,14,15)/b10-7+. The summed E-state index contributed by atoms with van der Waals surface area (Å²) in [5.74, 6) is -1.23. The molecular weight excluding hydrogens is 195 g/mol. The predicted molar refractivity (Wildman–Crippen MR) is 53.8 cm³/mol. The fraction of sp³-hybridized carbons (Fsp3) is 0.0909. The van der Waals surface area contributed by atoms with Crippen LogP contribution in [0.5, 0.6) is 0 Å². The maximum atomic E-state index is 12.9. The van der Waals surface area contributed by atoms with Gasteiger partial charge < -0.3 is 5.73 Å². The maximum absolute atomic E-state index is 12.9. The number of rotatable bonds is 2. The Morgan fingerprint density at radius 3 is 2.67 bits per heavy atom. The lowest BCUT2D eigenvalue weighted by Crippen LogP contribution is -2.14. The number of hydrogen-bond acceptors (Lipinski definition) is 2. The highest BCUT2D eigenvalue weighted by molar-refractivity contribution is 6.03. The van der Waals surface area contributed by atoms with Gasteiger partial charge in [-0.1, -0.05) is 12.1 Å². The van der Waals surface area contributed by atoms with Crippen LogP contribution in [0.3, 0.4) is 0 Å². The van der Waals surface area contributed by atoms with Crippen molar-refractivity contribution in [2.75, 3.05) is 0 Å². The van der Waals surface area contributed by atoms with Gasteiger partial charge in [-0.2, -0.15) is 5.26 Å². The minimum atomic E-state index is -0.806. The Labute approximate surface area is 86.6 Å². The van der Waals surface area contributed by atoms with Crippen molar-refractivity contribution in [1.82, 2.24) is 0 Å². The molecule has 4 heteroatoms. The number of nitrogens with zero attached hydrogens (tertiary/aromatic N) is 1. The normalized spacial score (nSPS) is 11.5. The largest absolute Gasteiger partial charge is 0.365 e. The summed E-state index contributed by atoms with van der Waals surface area (Å²) in [5.41, 5.74) is 5.71. The van der Waals surface area contributed by atoms with Crippen molar-refractivity contribution in [2.24, 2.45) is 5.73 Å². The molecule has 0 saturated heterocycles. The number of primary amides is 1. The van der Waals surface area contributed by atoms with Gasteiger partial charge >= 0.3 is 0 Å². The van der Waals surface area contributed by atoms with Crippen molar-refractivity contribution >= 4 is 11.5 Å². The molecule has 0 radical (unpaired) electrons. The summed E-state index contributed by atoms with van der Waals surface area (Å²) in [5, 5.41) is 8.70. The second kappa shape index (κ2) is 4.38. The van der Waals surface area contributed by atoms with E-state index in [1.165, 1.54) is 18.2 Å². The van der Waals surface area contributed by atoms with Gasteiger partial charge in [0.25, 0.3) is 5.91 Å². The number of benzene rings is 1. The Bertz CT molecular complexity index is 472. The van der Waals surface area contributed by atoms with Crippen molar-refractivity contribution in [3.63, 3.8) is 0 Å². The molecule has 0 bridgehead atoms. The van der Waals surface area contributed by atoms with E-state index >= 15 is 0 Å². The Morgan fingerprint density at radius 1 is 1.53 bits per heavy atom. The lowest BCUT2D eigenvalue weighted by Gasteiger charge is -2.03. The third-order valence-electron chi connectivity index (χ3n) is 1.99. The van der Waals surface area contributed by atoms with E-state index in [4.69, 9.17) is 11.0 Å². The topological polar surface area (TPSA) is 66.9 Å². The number of carbonyl (C=O) groups excluding carboxylic acids is 1. The summed E-state index contributed by atoms with van der Waals surface area (Å²) in [7, 11) is 0. The van der Waals surface area contributed by atoms with Crippen LogP contribution >= 0.6 is 0 Å². The first-order chi connectivity index (χ1) is 7.06. The van der Waals surface area contributed by atoms with Gasteiger partial charge in [-0.3, -0.25) is 4.79 Å². The highest BCUT2D eigenvalue weighted by atomic mass is 19.1. The number of allylic oxidation sites excluding steroid dienone is 1. The van der Waals surface area contributed by atoms with Crippen LogP contribution in [0.15, 0.2) is 29.8 Å². The number of nitriles is 1. The molecule has 0 fully saturated rings. The second-order valence-corrected chi connectivity index (χ2v) is 2.99. The number of nitrogens with two attached hydrogens (primary N) is 1. The molecule has 15 heavy (non-hydrogen) atoms. The van der Waals surface area contributed by atoms with E-state index in [9.17, 15) is 9.18 Å². The van der Waals surface area contributed by atoms with E-state index < -0.39 is 11.7 Å². The highest BCUT2D eigenvalue weighted by Gasteiger charge is 2.10. The molecule has 0 aliphatic carbocycles. The molecule has 3 nitrogen and oxygen atoms in total. The fourth-order valence-corrected chi connectivity index (χ4v) is 1.19. The van der Waals surface area contributed by atoms with Gasteiger partial charge in [-0.05, 0) is 30.2 Å². The van der Waals surface area contributed by atoms with Crippen molar-refractivity contribution in [1.29, 1.82) is 5.26 Å². The molecular formula is C11H9FN2O. The van der Waals surface area contributed by atoms with Crippen LogP contribution in [0, 0.1) is 17.1 Å². The lowest BCUT2D eigenvalue weighted by atomic mass is 10.0. The molecule has 1 aromatic carbocycles. The highest BCUT2D eigenvalue weighted by Crippen LogP contribution is 2.18. The first kappa shape index (κ1) is 10.9. The van der Waals surface area contributed by atoms with Crippen molar-refractivity contribution in [2.45, 2.75) is 6.92 Å². The van der Waals surface area contributed by atoms with Crippen LogP contribution in [0.4, 0.5) is 4.39 Å². The molecule has 0 aromatic heterocycles. The Hall–Kier alpha value is -2.15. The number of halogens is 1. The monoisotopic (exact) mass is 204 g/mol. The zero-order chi connectivity index (χ0) is 11.4. The fourth-order valence-electron chi connectivity index (χ4n) is 1.19. The van der Waals surface area contributed by atoms with Gasteiger partial charge in [0.15, 0.2) is 0 Å². The first-order valence-corrected chi connectivity index (χ1v) is 4.23. The number of amides is 1. The molecule has 0 aliphatic rings. The molecule has 0 saturated carbocycles. The van der Waals surface area contributed by atoms with Gasteiger partial charge in [-0.15, -0.1) is 0 Å². The van der Waals surface area contributed by atoms with Crippen molar-refractivity contribution in [3.05, 3.63) is 41.2 Å². The average Bonchev–Trinajstić information content (AvgIpc) is 2.18. The van der Waals surface area contributed by atoms with Crippen molar-refractivity contribution in [3.8, 4) is 6.07 Å². The van der Waals surface area contributed by atoms with Crippen LogP contribution in [0.2, 0.25) is 0 Å². The van der Waals surface area contributed by atoms with E-state index in [0.29, 0.717) is 11.1 Å². The second-order valence-electron chi connectivity index (χ2n) is 2.99. The van der Waals surface area contributed by atoms with Crippen molar-refractivity contribution < 1.29 is 9.18 Å². The van der Waals surface area contributed by atoms with Crippen LogP contribution in [-0.4, -0.2) is 5.91 Å². The van der Waals surface area contributed by atoms with E-state index in [2.05, 4.69) is 0 Å². The number of hydrogen-bond donors (Lipinski definition) is 1. The molecule has 0 atom stereocenters. The summed E-state index contributed by atoms with van der Waals surface area (Å²) in [4.78, 5) is 10.9. The molecule has 76 valence electrons. The SMILES string of the molecule is C/C(=C(/C#N)C(N)=O)c1cccc(F)c1. The number of carbonyl (C=O) groups is 1. The Balaban J connectivity index is 3.30. The summed E-state index contributed by atoms with van der Waals surface area (Å²) in [6.07, 6.45) is 0. The van der Waals surface area contributed by atoms with Gasteiger partial charge in [0.05, 0.1) is 0 Å². The molecule has 1 aromatic rings. The lowest BCUT2D eigenvalue weighted by molar-refractivity contribution is -0.114.